The van der Waals surface area contributed by atoms with Crippen LogP contribution in [-0.2, 0) is 0 Å². The molecule has 3 heteroatoms. The minimum Gasteiger partial charge on any atom is -0.170 e. The number of alkyl halides is 3. The average Bonchev–Trinajstić information content (AvgIpc) is 2.23. The zero-order chi connectivity index (χ0) is 12.9. The normalized spacial score (nSPS) is 14.0. The molecule has 0 spiro atoms. The second-order valence-electron chi connectivity index (χ2n) is 4.83. The van der Waals surface area contributed by atoms with Crippen LogP contribution < -0.4 is 0 Å². The largest absolute Gasteiger partial charge is 0.395 e. The van der Waals surface area contributed by atoms with Crippen molar-refractivity contribution in [1.29, 1.82) is 0 Å². The van der Waals surface area contributed by atoms with E-state index >= 15 is 0 Å². The molecule has 17 heavy (non-hydrogen) atoms. The van der Waals surface area contributed by atoms with E-state index in [2.05, 4.69) is 0 Å². The molecule has 0 N–H and O–H groups in total. The summed E-state index contributed by atoms with van der Waals surface area (Å²) >= 11 is 0. The lowest BCUT2D eigenvalue weighted by atomic mass is 9.91. The Morgan fingerprint density at radius 3 is 2.06 bits per heavy atom. The Bertz CT molecular complexity index is 314. The molecule has 0 aromatic heterocycles. The summed E-state index contributed by atoms with van der Waals surface area (Å²) in [6.07, 6.45) is -2.49. The molecule has 0 saturated carbocycles. The average molecular weight is 244 g/mol. The summed E-state index contributed by atoms with van der Waals surface area (Å²) in [5, 5.41) is 0. The topological polar surface area (TPSA) is 0 Å². The minimum atomic E-state index is -4.14. The van der Waals surface area contributed by atoms with Gasteiger partial charge in [-0.25, -0.2) is 0 Å². The fourth-order valence-corrected chi connectivity index (χ4v) is 1.93. The van der Waals surface area contributed by atoms with Gasteiger partial charge >= 0.3 is 6.18 Å². The van der Waals surface area contributed by atoms with Crippen LogP contribution in [0.25, 0.3) is 0 Å². The van der Waals surface area contributed by atoms with E-state index in [0.717, 1.165) is 6.42 Å². The molecule has 1 rings (SSSR count). The Labute approximate surface area is 101 Å². The van der Waals surface area contributed by atoms with Crippen molar-refractivity contribution >= 4 is 0 Å². The first-order valence-electron chi connectivity index (χ1n) is 6.03. The van der Waals surface area contributed by atoms with Crippen LogP contribution >= 0.6 is 0 Å². The summed E-state index contributed by atoms with van der Waals surface area (Å²) < 4.78 is 38.8. The van der Waals surface area contributed by atoms with Crippen molar-refractivity contribution < 1.29 is 13.2 Å². The highest BCUT2D eigenvalue weighted by Gasteiger charge is 2.39. The molecule has 1 unspecified atom stereocenters. The summed E-state index contributed by atoms with van der Waals surface area (Å²) in [6.45, 7) is 4.07. The Hall–Kier alpha value is -0.990. The highest BCUT2D eigenvalue weighted by Crippen LogP contribution is 2.38. The molecule has 0 aliphatic rings. The molecule has 1 aromatic rings. The van der Waals surface area contributed by atoms with Crippen molar-refractivity contribution in [3.63, 3.8) is 0 Å². The lowest BCUT2D eigenvalue weighted by Crippen LogP contribution is -2.20. The molecule has 0 aliphatic heterocycles. The predicted molar refractivity (Wildman–Crippen MR) is 63.9 cm³/mol. The number of benzene rings is 1. The number of hydrogen-bond donors (Lipinski definition) is 0. The van der Waals surface area contributed by atoms with Crippen molar-refractivity contribution in [2.45, 2.75) is 45.2 Å². The van der Waals surface area contributed by atoms with Crippen molar-refractivity contribution in [1.82, 2.24) is 0 Å². The van der Waals surface area contributed by atoms with Crippen LogP contribution in [0.15, 0.2) is 30.3 Å². The standard InChI is InChI=1S/C14H19F3/c1-11(2)7-6-10-13(14(15,16)17)12-8-4-3-5-9-12/h3-5,8-9,11,13H,6-7,10H2,1-2H3. The van der Waals surface area contributed by atoms with Gasteiger partial charge < -0.3 is 0 Å². The number of rotatable bonds is 5. The van der Waals surface area contributed by atoms with Crippen LogP contribution in [0.3, 0.4) is 0 Å². The maximum Gasteiger partial charge on any atom is 0.395 e. The third kappa shape index (κ3) is 4.80. The fraction of sp³-hybridized carbons (Fsp3) is 0.571. The molecule has 96 valence electrons. The summed E-state index contributed by atoms with van der Waals surface area (Å²) in [6, 6.07) is 8.19. The van der Waals surface area contributed by atoms with Gasteiger partial charge in [0.1, 0.15) is 0 Å². The first-order valence-corrected chi connectivity index (χ1v) is 6.03. The van der Waals surface area contributed by atoms with Crippen LogP contribution in [0.2, 0.25) is 0 Å². The van der Waals surface area contributed by atoms with Gasteiger partial charge in [0.2, 0.25) is 0 Å². The van der Waals surface area contributed by atoms with Crippen molar-refractivity contribution in [3.8, 4) is 0 Å². The SMILES string of the molecule is CC(C)CCCC(c1ccccc1)C(F)(F)F. The van der Waals surface area contributed by atoms with E-state index in [9.17, 15) is 13.2 Å². The van der Waals surface area contributed by atoms with Gasteiger partial charge in [-0.05, 0) is 17.9 Å². The second kappa shape index (κ2) is 6.08. The highest BCUT2D eigenvalue weighted by molar-refractivity contribution is 5.20. The highest BCUT2D eigenvalue weighted by atomic mass is 19.4. The zero-order valence-corrected chi connectivity index (χ0v) is 10.3. The Morgan fingerprint density at radius 1 is 1.00 bits per heavy atom. The summed E-state index contributed by atoms with van der Waals surface area (Å²) in [4.78, 5) is 0. The second-order valence-corrected chi connectivity index (χ2v) is 4.83. The molecular weight excluding hydrogens is 225 g/mol. The molecule has 0 radical (unpaired) electrons. The molecular formula is C14H19F3. The maximum atomic E-state index is 12.9. The van der Waals surface area contributed by atoms with Gasteiger partial charge in [0.15, 0.2) is 0 Å². The lowest BCUT2D eigenvalue weighted by molar-refractivity contribution is -0.152. The molecule has 0 saturated heterocycles. The Kier molecular flexibility index (Phi) is 5.03. The van der Waals surface area contributed by atoms with Gasteiger partial charge in [-0.2, -0.15) is 13.2 Å². The zero-order valence-electron chi connectivity index (χ0n) is 10.3. The van der Waals surface area contributed by atoms with Gasteiger partial charge in [0.05, 0.1) is 5.92 Å². The van der Waals surface area contributed by atoms with E-state index in [0.29, 0.717) is 17.9 Å². The molecule has 1 aromatic carbocycles. The quantitative estimate of drug-likeness (QED) is 0.671. The maximum absolute atomic E-state index is 12.9. The van der Waals surface area contributed by atoms with E-state index in [4.69, 9.17) is 0 Å². The van der Waals surface area contributed by atoms with Crippen molar-refractivity contribution in [2.75, 3.05) is 0 Å². The van der Waals surface area contributed by atoms with Crippen LogP contribution in [0.1, 0.15) is 44.6 Å². The third-order valence-corrected chi connectivity index (χ3v) is 2.87. The lowest BCUT2D eigenvalue weighted by Gasteiger charge is -2.21. The summed E-state index contributed by atoms with van der Waals surface area (Å²) in [5.41, 5.74) is 0.378. The first-order chi connectivity index (χ1) is 7.91. The van der Waals surface area contributed by atoms with Gasteiger partial charge in [0.25, 0.3) is 0 Å². The van der Waals surface area contributed by atoms with Gasteiger partial charge in [-0.1, -0.05) is 57.0 Å². The predicted octanol–water partition coefficient (Wildman–Crippen LogP) is 5.16. The first kappa shape index (κ1) is 14.1. The van der Waals surface area contributed by atoms with E-state index in [1.54, 1.807) is 30.3 Å². The molecule has 0 heterocycles. The van der Waals surface area contributed by atoms with Gasteiger partial charge in [-0.15, -0.1) is 0 Å². The van der Waals surface area contributed by atoms with Crippen LogP contribution in [0.5, 0.6) is 0 Å². The van der Waals surface area contributed by atoms with E-state index < -0.39 is 12.1 Å². The fourth-order valence-electron chi connectivity index (χ4n) is 1.93. The summed E-state index contributed by atoms with van der Waals surface area (Å²) in [5.74, 6) is -0.859. The molecule has 0 bridgehead atoms. The third-order valence-electron chi connectivity index (χ3n) is 2.87. The summed E-state index contributed by atoms with van der Waals surface area (Å²) in [7, 11) is 0. The smallest absolute Gasteiger partial charge is 0.170 e. The molecule has 0 amide bonds. The van der Waals surface area contributed by atoms with E-state index in [1.165, 1.54) is 0 Å². The van der Waals surface area contributed by atoms with Crippen molar-refractivity contribution in [3.05, 3.63) is 35.9 Å². The molecule has 0 aliphatic carbocycles. The molecule has 1 atom stereocenters. The van der Waals surface area contributed by atoms with Crippen LogP contribution in [0.4, 0.5) is 13.2 Å². The van der Waals surface area contributed by atoms with Crippen LogP contribution in [-0.4, -0.2) is 6.18 Å². The monoisotopic (exact) mass is 244 g/mol. The van der Waals surface area contributed by atoms with Gasteiger partial charge in [0, 0.05) is 0 Å². The van der Waals surface area contributed by atoms with Crippen LogP contribution in [0, 0.1) is 5.92 Å². The Morgan fingerprint density at radius 2 is 1.59 bits per heavy atom. The molecule has 0 fully saturated rings. The number of hydrogen-bond acceptors (Lipinski definition) is 0. The van der Waals surface area contributed by atoms with Crippen molar-refractivity contribution in [2.24, 2.45) is 5.92 Å². The number of halogens is 3. The Balaban J connectivity index is 2.69. The van der Waals surface area contributed by atoms with E-state index in [1.807, 2.05) is 13.8 Å². The van der Waals surface area contributed by atoms with Gasteiger partial charge in [-0.3, -0.25) is 0 Å². The minimum absolute atomic E-state index is 0.186. The molecule has 0 nitrogen and oxygen atoms in total. The van der Waals surface area contributed by atoms with E-state index in [-0.39, 0.29) is 6.42 Å².